The third kappa shape index (κ3) is 3.59. The zero-order chi connectivity index (χ0) is 17.8. The normalized spacial score (nSPS) is 13.9. The Bertz CT molecular complexity index is 917. The third-order valence-corrected chi connectivity index (χ3v) is 4.22. The number of allylic oxidation sites excluding steroid dienone is 6. The average molecular weight is 335 g/mol. The van der Waals surface area contributed by atoms with Crippen molar-refractivity contribution in [2.24, 2.45) is 12.9 Å². The second-order valence-electron chi connectivity index (χ2n) is 5.86. The zero-order valence-electron chi connectivity index (χ0n) is 14.4. The third-order valence-electron chi connectivity index (χ3n) is 4.22. The van der Waals surface area contributed by atoms with E-state index in [-0.39, 0.29) is 11.6 Å². The summed E-state index contributed by atoms with van der Waals surface area (Å²) >= 11 is 0. The Morgan fingerprint density at radius 2 is 1.84 bits per heavy atom. The number of anilines is 1. The maximum atomic E-state index is 11.7. The van der Waals surface area contributed by atoms with Gasteiger partial charge in [0.2, 0.25) is 5.95 Å². The van der Waals surface area contributed by atoms with Gasteiger partial charge in [0.25, 0.3) is 0 Å². The highest BCUT2D eigenvalue weighted by Crippen LogP contribution is 2.27. The van der Waals surface area contributed by atoms with Crippen LogP contribution in [0.25, 0.3) is 11.4 Å². The van der Waals surface area contributed by atoms with Crippen molar-refractivity contribution in [1.29, 1.82) is 0 Å². The maximum Gasteiger partial charge on any atom is 0.352 e. The highest BCUT2D eigenvalue weighted by Gasteiger charge is 2.11. The number of nitrogens with zero attached hydrogens (tertiary/aromatic N) is 3. The summed E-state index contributed by atoms with van der Waals surface area (Å²) in [6.45, 7) is 2.06. The summed E-state index contributed by atoms with van der Waals surface area (Å²) < 4.78 is 1.41. The molecule has 25 heavy (non-hydrogen) atoms. The van der Waals surface area contributed by atoms with Gasteiger partial charge in [-0.1, -0.05) is 55.5 Å². The predicted octanol–water partition coefficient (Wildman–Crippen LogP) is 2.50. The summed E-state index contributed by atoms with van der Waals surface area (Å²) in [5.41, 5.74) is 6.89. The molecule has 6 nitrogen and oxygen atoms in total. The van der Waals surface area contributed by atoms with E-state index in [1.54, 1.807) is 7.05 Å². The molecule has 3 N–H and O–H groups in total. The molecule has 0 spiro atoms. The number of hydrogen-bond acceptors (Lipinski definition) is 5. The SMILES string of the molecule is C1=CC2=CC=C1C2.CCc1ccccc1-c1nc(NN)nc(=O)n1C. The molecule has 1 aromatic heterocycles. The first-order valence-corrected chi connectivity index (χ1v) is 8.20. The van der Waals surface area contributed by atoms with Crippen LogP contribution in [0.15, 0.2) is 64.5 Å². The molecular formula is C19H21N5O. The average Bonchev–Trinajstić information content (AvgIpc) is 3.30. The standard InChI is InChI=1S/C12H15N5O.C7H6/c1-3-8-6-4-5-7-9(8)10-14-11(16-13)15-12(18)17(10)2;1-2-7-4-3-6(1)5-7/h4-7H,3,13H2,1-2H3,(H,15,16,18);1-4H,5H2. The molecule has 0 saturated heterocycles. The molecule has 0 atom stereocenters. The summed E-state index contributed by atoms with van der Waals surface area (Å²) in [4.78, 5) is 19.6. The smallest absolute Gasteiger partial charge is 0.292 e. The van der Waals surface area contributed by atoms with Crippen molar-refractivity contribution < 1.29 is 0 Å². The first-order valence-electron chi connectivity index (χ1n) is 8.20. The summed E-state index contributed by atoms with van der Waals surface area (Å²) in [6, 6.07) is 7.82. The van der Waals surface area contributed by atoms with E-state index in [4.69, 9.17) is 5.84 Å². The van der Waals surface area contributed by atoms with Gasteiger partial charge in [0.05, 0.1) is 0 Å². The molecular weight excluding hydrogens is 314 g/mol. The fraction of sp³-hybridized carbons (Fsp3) is 0.211. The minimum Gasteiger partial charge on any atom is -0.292 e. The van der Waals surface area contributed by atoms with Gasteiger partial charge in [-0.05, 0) is 29.6 Å². The fourth-order valence-electron chi connectivity index (χ4n) is 2.82. The molecule has 128 valence electrons. The van der Waals surface area contributed by atoms with Crippen LogP contribution in [0.2, 0.25) is 0 Å². The molecule has 0 aliphatic heterocycles. The van der Waals surface area contributed by atoms with Gasteiger partial charge in [0.1, 0.15) is 5.82 Å². The van der Waals surface area contributed by atoms with Crippen LogP contribution in [0.3, 0.4) is 0 Å². The Kier molecular flexibility index (Phi) is 4.90. The molecule has 0 unspecified atom stereocenters. The number of hydrazine groups is 1. The fourth-order valence-corrected chi connectivity index (χ4v) is 2.82. The number of fused-ring (bicyclic) bond motifs is 2. The van der Waals surface area contributed by atoms with Crippen molar-refractivity contribution in [2.75, 3.05) is 5.43 Å². The summed E-state index contributed by atoms with van der Waals surface area (Å²) in [5.74, 6) is 5.94. The quantitative estimate of drug-likeness (QED) is 0.665. The monoisotopic (exact) mass is 335 g/mol. The first-order chi connectivity index (χ1) is 12.1. The van der Waals surface area contributed by atoms with Gasteiger partial charge in [0, 0.05) is 12.6 Å². The lowest BCUT2D eigenvalue weighted by atomic mass is 10.0. The minimum absolute atomic E-state index is 0.124. The van der Waals surface area contributed by atoms with Gasteiger partial charge in [-0.15, -0.1) is 0 Å². The van der Waals surface area contributed by atoms with Gasteiger partial charge >= 0.3 is 5.69 Å². The van der Waals surface area contributed by atoms with Gasteiger partial charge in [-0.2, -0.15) is 9.97 Å². The predicted molar refractivity (Wildman–Crippen MR) is 99.8 cm³/mol. The Morgan fingerprint density at radius 3 is 2.36 bits per heavy atom. The van der Waals surface area contributed by atoms with Crippen LogP contribution >= 0.6 is 0 Å². The van der Waals surface area contributed by atoms with E-state index in [0.29, 0.717) is 5.82 Å². The van der Waals surface area contributed by atoms with Gasteiger partial charge in [-0.3, -0.25) is 9.99 Å². The largest absolute Gasteiger partial charge is 0.352 e. The van der Waals surface area contributed by atoms with Crippen LogP contribution < -0.4 is 17.0 Å². The summed E-state index contributed by atoms with van der Waals surface area (Å²) in [7, 11) is 1.64. The Labute approximate surface area is 146 Å². The summed E-state index contributed by atoms with van der Waals surface area (Å²) in [5, 5.41) is 0. The lowest BCUT2D eigenvalue weighted by Gasteiger charge is -2.11. The van der Waals surface area contributed by atoms with Gasteiger partial charge in [0.15, 0.2) is 0 Å². The molecule has 0 radical (unpaired) electrons. The number of aromatic nitrogens is 3. The molecule has 0 fully saturated rings. The van der Waals surface area contributed by atoms with E-state index >= 15 is 0 Å². The molecule has 0 saturated carbocycles. The van der Waals surface area contributed by atoms with Crippen LogP contribution in [-0.4, -0.2) is 14.5 Å². The molecule has 6 heteroatoms. The van der Waals surface area contributed by atoms with E-state index < -0.39 is 0 Å². The van der Waals surface area contributed by atoms with Crippen molar-refractivity contribution in [3.05, 3.63) is 75.8 Å². The van der Waals surface area contributed by atoms with Crippen LogP contribution in [0.5, 0.6) is 0 Å². The van der Waals surface area contributed by atoms with Crippen molar-refractivity contribution in [3.63, 3.8) is 0 Å². The molecule has 2 aliphatic carbocycles. The molecule has 2 aromatic rings. The minimum atomic E-state index is -0.390. The second-order valence-corrected chi connectivity index (χ2v) is 5.86. The highest BCUT2D eigenvalue weighted by atomic mass is 16.1. The number of nitrogen functional groups attached to an aromatic ring is 1. The summed E-state index contributed by atoms with van der Waals surface area (Å²) in [6.07, 6.45) is 10.8. The molecule has 1 heterocycles. The van der Waals surface area contributed by atoms with Gasteiger partial charge < -0.3 is 0 Å². The number of nitrogens with one attached hydrogen (secondary N) is 1. The topological polar surface area (TPSA) is 85.8 Å². The number of nitrogens with two attached hydrogens (primary N) is 1. The Balaban J connectivity index is 0.000000213. The Hall–Kier alpha value is -2.99. The number of rotatable bonds is 3. The van der Waals surface area contributed by atoms with Crippen molar-refractivity contribution in [1.82, 2.24) is 14.5 Å². The number of aryl methyl sites for hydroxylation is 1. The van der Waals surface area contributed by atoms with Crippen molar-refractivity contribution in [3.8, 4) is 11.4 Å². The van der Waals surface area contributed by atoms with E-state index in [2.05, 4.69) is 46.6 Å². The lowest BCUT2D eigenvalue weighted by molar-refractivity contribution is 0.783. The zero-order valence-corrected chi connectivity index (χ0v) is 14.4. The van der Waals surface area contributed by atoms with Gasteiger partial charge in [-0.25, -0.2) is 10.6 Å². The Morgan fingerprint density at radius 1 is 1.16 bits per heavy atom. The molecule has 4 rings (SSSR count). The van der Waals surface area contributed by atoms with E-state index in [1.807, 2.05) is 24.3 Å². The second kappa shape index (κ2) is 7.27. The maximum absolute atomic E-state index is 11.7. The first kappa shape index (κ1) is 16.9. The highest BCUT2D eigenvalue weighted by molar-refractivity contribution is 5.61. The molecule has 2 bridgehead atoms. The van der Waals surface area contributed by atoms with Crippen LogP contribution in [0.4, 0.5) is 5.95 Å². The molecule has 0 amide bonds. The lowest BCUT2D eigenvalue weighted by Crippen LogP contribution is -2.26. The molecule has 1 aromatic carbocycles. The number of benzene rings is 1. The van der Waals surface area contributed by atoms with Crippen LogP contribution in [-0.2, 0) is 13.5 Å². The van der Waals surface area contributed by atoms with Crippen LogP contribution in [0, 0.1) is 0 Å². The number of hydrogen-bond donors (Lipinski definition) is 2. The van der Waals surface area contributed by atoms with Crippen molar-refractivity contribution >= 4 is 5.95 Å². The van der Waals surface area contributed by atoms with Crippen LogP contribution in [0.1, 0.15) is 18.9 Å². The molecule has 2 aliphatic rings. The van der Waals surface area contributed by atoms with E-state index in [0.717, 1.165) is 17.5 Å². The van der Waals surface area contributed by atoms with E-state index in [1.165, 1.54) is 22.1 Å². The van der Waals surface area contributed by atoms with Crippen molar-refractivity contribution in [2.45, 2.75) is 19.8 Å². The van der Waals surface area contributed by atoms with E-state index in [9.17, 15) is 4.79 Å².